The molecule has 3 aromatic rings. The molecule has 0 radical (unpaired) electrons. The van der Waals surface area contributed by atoms with Crippen molar-refractivity contribution < 1.29 is 4.74 Å². The zero-order chi connectivity index (χ0) is 22.9. The summed E-state index contributed by atoms with van der Waals surface area (Å²) in [5.74, 6) is 0.936. The van der Waals surface area contributed by atoms with E-state index in [1.165, 1.54) is 29.8 Å². The molecule has 1 saturated carbocycles. The van der Waals surface area contributed by atoms with Gasteiger partial charge in [-0.15, -0.1) is 0 Å². The molecule has 0 spiro atoms. The van der Waals surface area contributed by atoms with E-state index in [0.717, 1.165) is 41.6 Å². The highest BCUT2D eigenvalue weighted by atomic mass is 32.1. The van der Waals surface area contributed by atoms with Crippen LogP contribution in [0.25, 0.3) is 0 Å². The third-order valence-electron chi connectivity index (χ3n) is 7.07. The lowest BCUT2D eigenvalue weighted by Gasteiger charge is -2.28. The third kappa shape index (κ3) is 4.12. The van der Waals surface area contributed by atoms with Gasteiger partial charge in [-0.1, -0.05) is 6.07 Å². The number of hydrogen-bond acceptors (Lipinski definition) is 3. The number of nitrogens with zero attached hydrogens (tertiary/aromatic N) is 3. The van der Waals surface area contributed by atoms with E-state index < -0.39 is 0 Å². The first-order chi connectivity index (χ1) is 16.1. The summed E-state index contributed by atoms with van der Waals surface area (Å²) >= 11 is 5.89. The first-order valence-corrected chi connectivity index (χ1v) is 12.4. The lowest BCUT2D eigenvalue weighted by Crippen LogP contribution is -2.29. The Balaban J connectivity index is 1.52. The van der Waals surface area contributed by atoms with E-state index in [1.807, 2.05) is 18.3 Å². The second-order valence-corrected chi connectivity index (χ2v) is 9.47. The maximum atomic E-state index is 6.19. The Morgan fingerprint density at radius 3 is 2.48 bits per heavy atom. The zero-order valence-electron chi connectivity index (χ0n) is 19.6. The quantitative estimate of drug-likeness (QED) is 0.456. The number of pyridine rings is 1. The fourth-order valence-electron chi connectivity index (χ4n) is 5.45. The smallest absolute Gasteiger partial charge is 0.174 e. The molecule has 2 fully saturated rings. The van der Waals surface area contributed by atoms with Crippen LogP contribution in [0.2, 0.25) is 0 Å². The molecule has 6 heteroatoms. The van der Waals surface area contributed by atoms with Crippen molar-refractivity contribution in [1.82, 2.24) is 14.9 Å². The van der Waals surface area contributed by atoms with Gasteiger partial charge in [-0.25, -0.2) is 0 Å². The number of rotatable bonds is 6. The minimum Gasteiger partial charge on any atom is -0.490 e. The second kappa shape index (κ2) is 9.18. The zero-order valence-corrected chi connectivity index (χ0v) is 20.4. The van der Waals surface area contributed by atoms with Crippen molar-refractivity contribution in [3.05, 3.63) is 77.4 Å². The monoisotopic (exact) mass is 460 g/mol. The van der Waals surface area contributed by atoms with Crippen molar-refractivity contribution in [3.63, 3.8) is 0 Å². The number of aryl methyl sites for hydroxylation is 1. The molecule has 2 aliphatic rings. The molecule has 0 bridgehead atoms. The summed E-state index contributed by atoms with van der Waals surface area (Å²) in [6, 6.07) is 16.8. The van der Waals surface area contributed by atoms with Crippen LogP contribution in [-0.4, -0.2) is 20.8 Å². The molecular weight excluding hydrogens is 428 g/mol. The van der Waals surface area contributed by atoms with E-state index in [1.54, 1.807) is 0 Å². The van der Waals surface area contributed by atoms with Crippen LogP contribution in [0.3, 0.4) is 0 Å². The Labute approximate surface area is 201 Å². The lowest BCUT2D eigenvalue weighted by atomic mass is 9.96. The van der Waals surface area contributed by atoms with Gasteiger partial charge < -0.3 is 19.5 Å². The molecule has 1 saturated heterocycles. The van der Waals surface area contributed by atoms with Crippen LogP contribution in [-0.2, 0) is 6.54 Å². The number of benzene rings is 1. The van der Waals surface area contributed by atoms with Crippen molar-refractivity contribution in [2.75, 3.05) is 4.90 Å². The van der Waals surface area contributed by atoms with Crippen molar-refractivity contribution in [2.24, 2.45) is 0 Å². The third-order valence-corrected chi connectivity index (χ3v) is 7.38. The summed E-state index contributed by atoms with van der Waals surface area (Å²) < 4.78 is 8.56. The van der Waals surface area contributed by atoms with Gasteiger partial charge in [-0.05, 0) is 107 Å². The molecule has 3 heterocycles. The maximum absolute atomic E-state index is 6.19. The number of anilines is 1. The molecule has 2 atom stereocenters. The van der Waals surface area contributed by atoms with Crippen LogP contribution in [0.15, 0.2) is 54.7 Å². The molecule has 1 aromatic carbocycles. The maximum Gasteiger partial charge on any atom is 0.174 e. The van der Waals surface area contributed by atoms with Crippen LogP contribution in [0, 0.1) is 13.8 Å². The predicted octanol–water partition coefficient (Wildman–Crippen LogP) is 6.02. The summed E-state index contributed by atoms with van der Waals surface area (Å²) in [6.45, 7) is 7.53. The Morgan fingerprint density at radius 2 is 1.85 bits per heavy atom. The van der Waals surface area contributed by atoms with Crippen molar-refractivity contribution in [3.8, 4) is 5.75 Å². The average molecular weight is 461 g/mol. The van der Waals surface area contributed by atoms with Gasteiger partial charge in [-0.2, -0.15) is 0 Å². The van der Waals surface area contributed by atoms with E-state index >= 15 is 0 Å². The van der Waals surface area contributed by atoms with Crippen LogP contribution in [0.5, 0.6) is 5.75 Å². The average Bonchev–Trinajstić information content (AvgIpc) is 3.53. The standard InChI is InChI=1S/C27H32N4OS/c1-4-30-18(2)17-23(19(30)3)26-25(24-11-7-8-16-28-24)29-27(33)31(26)20-12-14-22(15-13-20)32-21-9-5-6-10-21/h7-8,11-17,21,25-26H,4-6,9-10H2,1-3H3,(H,29,33)/t25-,26-/m0/s1. The molecule has 0 amide bonds. The van der Waals surface area contributed by atoms with E-state index in [-0.39, 0.29) is 12.1 Å². The summed E-state index contributed by atoms with van der Waals surface area (Å²) in [7, 11) is 0. The first kappa shape index (κ1) is 22.0. The lowest BCUT2D eigenvalue weighted by molar-refractivity contribution is 0.210. The first-order valence-electron chi connectivity index (χ1n) is 12.0. The topological polar surface area (TPSA) is 42.3 Å². The molecule has 5 rings (SSSR count). The van der Waals surface area contributed by atoms with Gasteiger partial charge in [0.25, 0.3) is 0 Å². The van der Waals surface area contributed by atoms with E-state index in [0.29, 0.717) is 6.10 Å². The van der Waals surface area contributed by atoms with Gasteiger partial charge in [-0.3, -0.25) is 4.98 Å². The number of nitrogens with one attached hydrogen (secondary N) is 1. The van der Waals surface area contributed by atoms with Gasteiger partial charge in [0.15, 0.2) is 5.11 Å². The molecule has 1 N–H and O–H groups in total. The van der Waals surface area contributed by atoms with Crippen LogP contribution in [0.4, 0.5) is 5.69 Å². The van der Waals surface area contributed by atoms with Crippen molar-refractivity contribution in [2.45, 2.75) is 71.2 Å². The Morgan fingerprint density at radius 1 is 1.09 bits per heavy atom. The highest BCUT2D eigenvalue weighted by molar-refractivity contribution is 7.80. The number of hydrogen-bond donors (Lipinski definition) is 1. The molecule has 1 aliphatic carbocycles. The number of ether oxygens (including phenoxy) is 1. The molecule has 172 valence electrons. The summed E-state index contributed by atoms with van der Waals surface area (Å²) in [5, 5.41) is 4.29. The van der Waals surface area contributed by atoms with Gasteiger partial charge in [0.2, 0.25) is 0 Å². The van der Waals surface area contributed by atoms with Crippen LogP contribution < -0.4 is 15.0 Å². The van der Waals surface area contributed by atoms with E-state index in [4.69, 9.17) is 17.0 Å². The fourth-order valence-corrected chi connectivity index (χ4v) is 5.79. The number of aromatic nitrogens is 2. The molecule has 2 aromatic heterocycles. The Hall–Kier alpha value is -2.86. The highest BCUT2D eigenvalue weighted by Gasteiger charge is 2.42. The predicted molar refractivity (Wildman–Crippen MR) is 137 cm³/mol. The Kier molecular flexibility index (Phi) is 6.11. The van der Waals surface area contributed by atoms with E-state index in [9.17, 15) is 0 Å². The van der Waals surface area contributed by atoms with Crippen molar-refractivity contribution in [1.29, 1.82) is 0 Å². The van der Waals surface area contributed by atoms with Crippen LogP contribution >= 0.6 is 12.2 Å². The summed E-state index contributed by atoms with van der Waals surface area (Å²) in [5.41, 5.74) is 5.89. The second-order valence-electron chi connectivity index (χ2n) is 9.09. The molecular formula is C27H32N4OS. The molecule has 33 heavy (non-hydrogen) atoms. The highest BCUT2D eigenvalue weighted by Crippen LogP contribution is 2.43. The molecule has 5 nitrogen and oxygen atoms in total. The normalized spacial score (nSPS) is 20.9. The SMILES string of the molecule is CCn1c(C)cc([C@H]2[C@H](c3ccccn3)NC(=S)N2c2ccc(OC3CCCC3)cc2)c1C. The van der Waals surface area contributed by atoms with Gasteiger partial charge in [0, 0.05) is 29.8 Å². The summed E-state index contributed by atoms with van der Waals surface area (Å²) in [6.07, 6.45) is 7.05. The van der Waals surface area contributed by atoms with Crippen molar-refractivity contribution >= 4 is 23.0 Å². The van der Waals surface area contributed by atoms with Gasteiger partial charge >= 0.3 is 0 Å². The molecule has 1 aliphatic heterocycles. The number of thiocarbonyl (C=S) groups is 1. The largest absolute Gasteiger partial charge is 0.490 e. The van der Waals surface area contributed by atoms with Gasteiger partial charge in [0.05, 0.1) is 23.9 Å². The Bertz CT molecular complexity index is 1120. The molecule has 0 unspecified atom stereocenters. The summed E-state index contributed by atoms with van der Waals surface area (Å²) in [4.78, 5) is 6.92. The van der Waals surface area contributed by atoms with E-state index in [2.05, 4.69) is 76.9 Å². The fraction of sp³-hybridized carbons (Fsp3) is 0.407. The van der Waals surface area contributed by atoms with Crippen LogP contribution in [0.1, 0.15) is 67.3 Å². The minimum atomic E-state index is -0.0288. The minimum absolute atomic E-state index is 0.0144. The van der Waals surface area contributed by atoms with Gasteiger partial charge in [0.1, 0.15) is 5.75 Å².